The molecule has 2 atom stereocenters. The summed E-state index contributed by atoms with van der Waals surface area (Å²) in [6.07, 6.45) is 1.15. The second-order valence-electron chi connectivity index (χ2n) is 4.71. The van der Waals surface area contributed by atoms with Crippen LogP contribution in [0.1, 0.15) is 13.3 Å². The van der Waals surface area contributed by atoms with E-state index >= 15 is 0 Å². The maximum atomic E-state index is 12.1. The van der Waals surface area contributed by atoms with Gasteiger partial charge in [-0.2, -0.15) is 0 Å². The van der Waals surface area contributed by atoms with Gasteiger partial charge in [-0.05, 0) is 20.4 Å². The van der Waals surface area contributed by atoms with E-state index in [-0.39, 0.29) is 12.0 Å². The molecule has 0 aromatic heterocycles. The third-order valence-electron chi connectivity index (χ3n) is 3.36. The van der Waals surface area contributed by atoms with Crippen molar-refractivity contribution in [2.75, 3.05) is 39.8 Å². The minimum atomic E-state index is 0.114. The van der Waals surface area contributed by atoms with E-state index in [1.165, 1.54) is 0 Å². The van der Waals surface area contributed by atoms with E-state index in [9.17, 15) is 4.79 Å². The average molecular weight is 212 g/mol. The third-order valence-corrected chi connectivity index (χ3v) is 3.36. The van der Waals surface area contributed by atoms with Crippen molar-refractivity contribution in [3.05, 3.63) is 0 Å². The highest BCUT2D eigenvalue weighted by molar-refractivity contribution is 5.79. The van der Waals surface area contributed by atoms with Crippen LogP contribution in [0, 0.1) is 5.92 Å². The summed E-state index contributed by atoms with van der Waals surface area (Å²) < 4.78 is 5.44. The minimum absolute atomic E-state index is 0.114. The summed E-state index contributed by atoms with van der Waals surface area (Å²) in [4.78, 5) is 16.3. The molecule has 2 unspecified atom stereocenters. The number of hydrogen-bond donors (Lipinski definition) is 0. The lowest BCUT2D eigenvalue weighted by atomic mass is 10.0. The normalized spacial score (nSPS) is 33.3. The van der Waals surface area contributed by atoms with E-state index in [0.717, 1.165) is 32.6 Å². The molecule has 4 heteroatoms. The maximum absolute atomic E-state index is 12.1. The van der Waals surface area contributed by atoms with Crippen LogP contribution in [0.4, 0.5) is 0 Å². The van der Waals surface area contributed by atoms with Gasteiger partial charge in [-0.25, -0.2) is 0 Å². The number of carbonyl (C=O) groups excluding carboxylic acids is 1. The summed E-state index contributed by atoms with van der Waals surface area (Å²) >= 11 is 0. The smallest absolute Gasteiger partial charge is 0.228 e. The molecule has 0 aromatic rings. The fourth-order valence-corrected chi connectivity index (χ4v) is 2.27. The summed E-state index contributed by atoms with van der Waals surface area (Å²) in [5, 5.41) is 0. The number of rotatable bonds is 1. The molecule has 0 radical (unpaired) electrons. The van der Waals surface area contributed by atoms with Crippen molar-refractivity contribution in [1.82, 2.24) is 9.80 Å². The van der Waals surface area contributed by atoms with Gasteiger partial charge in [-0.3, -0.25) is 4.79 Å². The van der Waals surface area contributed by atoms with Crippen LogP contribution in [0.15, 0.2) is 0 Å². The first-order valence-electron chi connectivity index (χ1n) is 5.76. The Labute approximate surface area is 91.2 Å². The molecule has 2 saturated heterocycles. The first-order chi connectivity index (χ1) is 7.16. The Kier molecular flexibility index (Phi) is 3.26. The first kappa shape index (κ1) is 10.9. The van der Waals surface area contributed by atoms with Crippen molar-refractivity contribution in [3.8, 4) is 0 Å². The van der Waals surface area contributed by atoms with Gasteiger partial charge in [0.15, 0.2) is 0 Å². The summed E-state index contributed by atoms with van der Waals surface area (Å²) in [6.45, 7) is 6.40. The molecular weight excluding hydrogens is 192 g/mol. The zero-order valence-corrected chi connectivity index (χ0v) is 9.61. The Hall–Kier alpha value is -0.610. The lowest BCUT2D eigenvalue weighted by Crippen LogP contribution is -2.49. The van der Waals surface area contributed by atoms with Crippen LogP contribution < -0.4 is 0 Å². The van der Waals surface area contributed by atoms with Gasteiger partial charge in [0.1, 0.15) is 0 Å². The topological polar surface area (TPSA) is 32.8 Å². The monoisotopic (exact) mass is 212 g/mol. The van der Waals surface area contributed by atoms with E-state index in [4.69, 9.17) is 4.74 Å². The van der Waals surface area contributed by atoms with Crippen LogP contribution in [-0.4, -0.2) is 61.6 Å². The lowest BCUT2D eigenvalue weighted by molar-refractivity contribution is -0.137. The van der Waals surface area contributed by atoms with Crippen LogP contribution in [0.3, 0.4) is 0 Å². The molecule has 15 heavy (non-hydrogen) atoms. The molecular formula is C11H20N2O2. The second-order valence-corrected chi connectivity index (χ2v) is 4.71. The maximum Gasteiger partial charge on any atom is 0.228 e. The predicted molar refractivity (Wildman–Crippen MR) is 57.6 cm³/mol. The van der Waals surface area contributed by atoms with E-state index in [1.807, 2.05) is 11.8 Å². The Morgan fingerprint density at radius 1 is 1.27 bits per heavy atom. The van der Waals surface area contributed by atoms with Crippen molar-refractivity contribution < 1.29 is 9.53 Å². The molecule has 0 N–H and O–H groups in total. The molecule has 4 nitrogen and oxygen atoms in total. The molecule has 0 bridgehead atoms. The average Bonchev–Trinajstić information content (AvgIpc) is 2.65. The minimum Gasteiger partial charge on any atom is -0.378 e. The molecule has 2 fully saturated rings. The van der Waals surface area contributed by atoms with Crippen molar-refractivity contribution in [2.45, 2.75) is 19.4 Å². The van der Waals surface area contributed by atoms with E-state index < -0.39 is 0 Å². The van der Waals surface area contributed by atoms with Crippen molar-refractivity contribution in [2.24, 2.45) is 5.92 Å². The first-order valence-corrected chi connectivity index (χ1v) is 5.76. The number of carbonyl (C=O) groups is 1. The summed E-state index contributed by atoms with van der Waals surface area (Å²) in [5.74, 6) is 0.413. The Morgan fingerprint density at radius 2 is 1.93 bits per heavy atom. The fraction of sp³-hybridized carbons (Fsp3) is 0.909. The van der Waals surface area contributed by atoms with E-state index in [2.05, 4.69) is 11.9 Å². The summed E-state index contributed by atoms with van der Waals surface area (Å²) in [6, 6.07) is 0. The van der Waals surface area contributed by atoms with Crippen molar-refractivity contribution in [3.63, 3.8) is 0 Å². The van der Waals surface area contributed by atoms with Crippen molar-refractivity contribution in [1.29, 1.82) is 0 Å². The molecule has 1 amide bonds. The van der Waals surface area contributed by atoms with Crippen molar-refractivity contribution >= 4 is 5.91 Å². The van der Waals surface area contributed by atoms with Crippen LogP contribution in [0.5, 0.6) is 0 Å². The summed E-state index contributed by atoms with van der Waals surface area (Å²) in [7, 11) is 2.10. The number of likely N-dealkylation sites (N-methyl/N-ethyl adjacent to an activating group) is 1. The Balaban J connectivity index is 1.85. The van der Waals surface area contributed by atoms with E-state index in [0.29, 0.717) is 12.5 Å². The molecule has 2 aliphatic heterocycles. The SMILES string of the molecule is CC1CC(C(=O)N2CCN(C)CC2)CO1. The molecule has 2 heterocycles. The third kappa shape index (κ3) is 2.49. The van der Waals surface area contributed by atoms with Crippen LogP contribution in [0.25, 0.3) is 0 Å². The van der Waals surface area contributed by atoms with Gasteiger partial charge in [0.05, 0.1) is 18.6 Å². The van der Waals surface area contributed by atoms with Gasteiger partial charge in [0.25, 0.3) is 0 Å². The fourth-order valence-electron chi connectivity index (χ4n) is 2.27. The molecule has 2 rings (SSSR count). The highest BCUT2D eigenvalue weighted by Gasteiger charge is 2.32. The zero-order valence-electron chi connectivity index (χ0n) is 9.61. The Bertz CT molecular complexity index is 237. The molecule has 86 valence electrons. The molecule has 2 aliphatic rings. The number of nitrogens with zero attached hydrogens (tertiary/aromatic N) is 2. The number of piperazine rings is 1. The van der Waals surface area contributed by atoms with Gasteiger partial charge in [0, 0.05) is 26.2 Å². The number of amides is 1. The van der Waals surface area contributed by atoms with E-state index in [1.54, 1.807) is 0 Å². The van der Waals surface area contributed by atoms with Crippen LogP contribution >= 0.6 is 0 Å². The molecule has 0 aromatic carbocycles. The van der Waals surface area contributed by atoms with Gasteiger partial charge >= 0.3 is 0 Å². The van der Waals surface area contributed by atoms with Gasteiger partial charge in [-0.15, -0.1) is 0 Å². The highest BCUT2D eigenvalue weighted by atomic mass is 16.5. The molecule has 0 saturated carbocycles. The van der Waals surface area contributed by atoms with Gasteiger partial charge in [0.2, 0.25) is 5.91 Å². The molecule has 0 spiro atoms. The highest BCUT2D eigenvalue weighted by Crippen LogP contribution is 2.21. The van der Waals surface area contributed by atoms with Gasteiger partial charge < -0.3 is 14.5 Å². The zero-order chi connectivity index (χ0) is 10.8. The van der Waals surface area contributed by atoms with Crippen LogP contribution in [0.2, 0.25) is 0 Å². The molecule has 0 aliphatic carbocycles. The number of hydrogen-bond acceptors (Lipinski definition) is 3. The predicted octanol–water partition coefficient (Wildman–Crippen LogP) is 0.185. The quantitative estimate of drug-likeness (QED) is 0.622. The second kappa shape index (κ2) is 4.49. The van der Waals surface area contributed by atoms with Crippen LogP contribution in [-0.2, 0) is 9.53 Å². The summed E-state index contributed by atoms with van der Waals surface area (Å²) in [5.41, 5.74) is 0. The largest absolute Gasteiger partial charge is 0.378 e. The standard InChI is InChI=1S/C11H20N2O2/c1-9-7-10(8-15-9)11(14)13-5-3-12(2)4-6-13/h9-10H,3-8H2,1-2H3. The van der Waals surface area contributed by atoms with Gasteiger partial charge in [-0.1, -0.05) is 0 Å². The lowest BCUT2D eigenvalue weighted by Gasteiger charge is -2.33. The number of ether oxygens (including phenoxy) is 1. The Morgan fingerprint density at radius 3 is 2.47 bits per heavy atom.